The first-order chi connectivity index (χ1) is 13.1. The highest BCUT2D eigenvalue weighted by Gasteiger charge is 2.28. The standard InChI is InChI=1S/C19H19F3N2O4/c1-12(14-6-8-16(9-7-14)28-11-19(20,21)22)24-18(27)23-10-13-2-4-15(5-3-13)17(25)26/h2-9,12H,10-11H2,1H3,(H,25,26)(H2,23,24,27). The van der Waals surface area contributed by atoms with Crippen molar-refractivity contribution in [1.82, 2.24) is 10.6 Å². The van der Waals surface area contributed by atoms with Gasteiger partial charge in [-0.25, -0.2) is 9.59 Å². The summed E-state index contributed by atoms with van der Waals surface area (Å²) < 4.78 is 41.0. The maximum absolute atomic E-state index is 12.1. The largest absolute Gasteiger partial charge is 0.484 e. The van der Waals surface area contributed by atoms with E-state index in [4.69, 9.17) is 5.11 Å². The third-order valence-corrected chi connectivity index (χ3v) is 3.78. The molecule has 0 aliphatic rings. The van der Waals surface area contributed by atoms with Crippen molar-refractivity contribution >= 4 is 12.0 Å². The summed E-state index contributed by atoms with van der Waals surface area (Å²) in [4.78, 5) is 22.8. The molecule has 1 atom stereocenters. The highest BCUT2D eigenvalue weighted by molar-refractivity contribution is 5.87. The average Bonchev–Trinajstić information content (AvgIpc) is 2.65. The second-order valence-electron chi connectivity index (χ2n) is 6.02. The van der Waals surface area contributed by atoms with E-state index in [0.717, 1.165) is 5.56 Å². The van der Waals surface area contributed by atoms with Crippen molar-refractivity contribution in [3.05, 3.63) is 65.2 Å². The summed E-state index contributed by atoms with van der Waals surface area (Å²) in [7, 11) is 0. The van der Waals surface area contributed by atoms with Crippen molar-refractivity contribution in [1.29, 1.82) is 0 Å². The first kappa shape index (κ1) is 21.1. The van der Waals surface area contributed by atoms with Gasteiger partial charge in [0.25, 0.3) is 0 Å². The lowest BCUT2D eigenvalue weighted by Gasteiger charge is -2.16. The van der Waals surface area contributed by atoms with Crippen molar-refractivity contribution in [3.63, 3.8) is 0 Å². The Morgan fingerprint density at radius 3 is 2.21 bits per heavy atom. The van der Waals surface area contributed by atoms with Crippen LogP contribution < -0.4 is 15.4 Å². The Labute approximate surface area is 159 Å². The summed E-state index contributed by atoms with van der Waals surface area (Å²) in [6.07, 6.45) is -4.40. The lowest BCUT2D eigenvalue weighted by atomic mass is 10.1. The maximum Gasteiger partial charge on any atom is 0.422 e. The molecule has 0 aromatic heterocycles. The number of benzene rings is 2. The Hall–Kier alpha value is -3.23. The van der Waals surface area contributed by atoms with Crippen LogP contribution in [0.1, 0.15) is 34.5 Å². The first-order valence-electron chi connectivity index (χ1n) is 8.30. The van der Waals surface area contributed by atoms with Crippen LogP contribution in [0.3, 0.4) is 0 Å². The van der Waals surface area contributed by atoms with Gasteiger partial charge in [0, 0.05) is 6.54 Å². The average molecular weight is 396 g/mol. The first-order valence-corrected chi connectivity index (χ1v) is 8.30. The van der Waals surface area contributed by atoms with E-state index in [0.29, 0.717) is 5.56 Å². The quantitative estimate of drug-likeness (QED) is 0.663. The van der Waals surface area contributed by atoms with E-state index in [9.17, 15) is 22.8 Å². The lowest BCUT2D eigenvalue weighted by Crippen LogP contribution is -2.36. The van der Waals surface area contributed by atoms with E-state index in [2.05, 4.69) is 15.4 Å². The zero-order valence-corrected chi connectivity index (χ0v) is 14.9. The molecule has 9 heteroatoms. The molecule has 2 aromatic carbocycles. The molecule has 0 aliphatic carbocycles. The van der Waals surface area contributed by atoms with Crippen molar-refractivity contribution in [3.8, 4) is 5.75 Å². The summed E-state index contributed by atoms with van der Waals surface area (Å²) in [5.41, 5.74) is 1.59. The number of rotatable bonds is 7. The second kappa shape index (κ2) is 9.12. The van der Waals surface area contributed by atoms with E-state index in [-0.39, 0.29) is 23.9 Å². The smallest absolute Gasteiger partial charge is 0.422 e. The number of carboxylic acid groups (broad SMARTS) is 1. The van der Waals surface area contributed by atoms with Gasteiger partial charge in [-0.2, -0.15) is 13.2 Å². The molecule has 0 bridgehead atoms. The summed E-state index contributed by atoms with van der Waals surface area (Å²) >= 11 is 0. The van der Waals surface area contributed by atoms with E-state index in [1.54, 1.807) is 31.2 Å². The summed E-state index contributed by atoms with van der Waals surface area (Å²) in [6, 6.07) is 11.2. The molecule has 3 N–H and O–H groups in total. The lowest BCUT2D eigenvalue weighted by molar-refractivity contribution is -0.153. The van der Waals surface area contributed by atoms with Gasteiger partial charge in [0.1, 0.15) is 5.75 Å². The summed E-state index contributed by atoms with van der Waals surface area (Å²) in [5, 5.41) is 14.2. The van der Waals surface area contributed by atoms with Crippen LogP contribution in [-0.4, -0.2) is 29.9 Å². The van der Waals surface area contributed by atoms with Gasteiger partial charge in [0.15, 0.2) is 6.61 Å². The number of hydrogen-bond donors (Lipinski definition) is 3. The number of ether oxygens (including phenoxy) is 1. The predicted octanol–water partition coefficient (Wildman–Crippen LogP) is 3.89. The van der Waals surface area contributed by atoms with Crippen molar-refractivity contribution in [2.75, 3.05) is 6.61 Å². The number of amides is 2. The van der Waals surface area contributed by atoms with Crippen LogP contribution in [0.4, 0.5) is 18.0 Å². The summed E-state index contributed by atoms with van der Waals surface area (Å²) in [5.74, 6) is -0.941. The molecule has 150 valence electrons. The molecule has 0 saturated heterocycles. The highest BCUT2D eigenvalue weighted by atomic mass is 19.4. The zero-order valence-electron chi connectivity index (χ0n) is 14.9. The zero-order chi connectivity index (χ0) is 20.7. The van der Waals surface area contributed by atoms with Gasteiger partial charge < -0.3 is 20.5 Å². The van der Waals surface area contributed by atoms with Gasteiger partial charge in [-0.05, 0) is 42.3 Å². The van der Waals surface area contributed by atoms with Crippen LogP contribution >= 0.6 is 0 Å². The minimum Gasteiger partial charge on any atom is -0.484 e. The number of nitrogens with one attached hydrogen (secondary N) is 2. The number of urea groups is 1. The van der Waals surface area contributed by atoms with Crippen LogP contribution in [0.25, 0.3) is 0 Å². The van der Waals surface area contributed by atoms with Crippen molar-refractivity contribution in [2.24, 2.45) is 0 Å². The van der Waals surface area contributed by atoms with Gasteiger partial charge >= 0.3 is 18.2 Å². The Bertz CT molecular complexity index is 805. The molecule has 6 nitrogen and oxygen atoms in total. The number of hydrogen-bond acceptors (Lipinski definition) is 3. The minimum absolute atomic E-state index is 0.0857. The molecule has 0 aliphatic heterocycles. The van der Waals surface area contributed by atoms with Crippen LogP contribution in [0.5, 0.6) is 5.75 Å². The predicted molar refractivity (Wildman–Crippen MR) is 95.2 cm³/mol. The Morgan fingerprint density at radius 2 is 1.68 bits per heavy atom. The number of alkyl halides is 3. The fourth-order valence-electron chi connectivity index (χ4n) is 2.30. The van der Waals surface area contributed by atoms with Crippen LogP contribution in [0, 0.1) is 0 Å². The fraction of sp³-hybridized carbons (Fsp3) is 0.263. The molecule has 0 heterocycles. The number of halogens is 3. The minimum atomic E-state index is -4.40. The molecule has 1 unspecified atom stereocenters. The molecule has 28 heavy (non-hydrogen) atoms. The number of carboxylic acids is 1. The Morgan fingerprint density at radius 1 is 1.07 bits per heavy atom. The van der Waals surface area contributed by atoms with E-state index >= 15 is 0 Å². The number of aromatic carboxylic acids is 1. The molecular weight excluding hydrogens is 377 g/mol. The molecule has 2 amide bonds. The molecule has 0 spiro atoms. The molecule has 0 saturated carbocycles. The Balaban J connectivity index is 1.82. The van der Waals surface area contributed by atoms with E-state index < -0.39 is 24.8 Å². The van der Waals surface area contributed by atoms with Gasteiger partial charge in [0.2, 0.25) is 0 Å². The van der Waals surface area contributed by atoms with Gasteiger partial charge in [-0.3, -0.25) is 0 Å². The number of carbonyl (C=O) groups excluding carboxylic acids is 1. The van der Waals surface area contributed by atoms with Gasteiger partial charge in [-0.1, -0.05) is 24.3 Å². The van der Waals surface area contributed by atoms with Crippen molar-refractivity contribution in [2.45, 2.75) is 25.7 Å². The summed E-state index contributed by atoms with van der Waals surface area (Å²) in [6.45, 7) is 0.575. The normalized spacial score (nSPS) is 12.1. The SMILES string of the molecule is CC(NC(=O)NCc1ccc(C(=O)O)cc1)c1ccc(OCC(F)(F)F)cc1. The van der Waals surface area contributed by atoms with Gasteiger partial charge in [-0.15, -0.1) is 0 Å². The topological polar surface area (TPSA) is 87.7 Å². The van der Waals surface area contributed by atoms with Crippen LogP contribution in [-0.2, 0) is 6.54 Å². The molecule has 0 fully saturated rings. The third-order valence-electron chi connectivity index (χ3n) is 3.78. The molecule has 2 rings (SSSR count). The van der Waals surface area contributed by atoms with E-state index in [1.807, 2.05) is 0 Å². The second-order valence-corrected chi connectivity index (χ2v) is 6.02. The molecule has 2 aromatic rings. The van der Waals surface area contributed by atoms with Crippen LogP contribution in [0.2, 0.25) is 0 Å². The molecule has 0 radical (unpaired) electrons. The van der Waals surface area contributed by atoms with E-state index in [1.165, 1.54) is 24.3 Å². The van der Waals surface area contributed by atoms with Crippen LogP contribution in [0.15, 0.2) is 48.5 Å². The van der Waals surface area contributed by atoms with Crippen molar-refractivity contribution < 1.29 is 32.6 Å². The monoisotopic (exact) mass is 396 g/mol. The van der Waals surface area contributed by atoms with Gasteiger partial charge in [0.05, 0.1) is 11.6 Å². The fourth-order valence-corrected chi connectivity index (χ4v) is 2.30. The molecular formula is C19H19F3N2O4. The number of carbonyl (C=O) groups is 2. The highest BCUT2D eigenvalue weighted by Crippen LogP contribution is 2.21. The third kappa shape index (κ3) is 6.82. The maximum atomic E-state index is 12.1. The Kier molecular flexibility index (Phi) is 6.86.